The van der Waals surface area contributed by atoms with E-state index in [2.05, 4.69) is 47.1 Å². The molecule has 0 saturated carbocycles. The zero-order valence-corrected chi connectivity index (χ0v) is 10.5. The highest BCUT2D eigenvalue weighted by atomic mass is 15.3. The van der Waals surface area contributed by atoms with Gasteiger partial charge in [-0.25, -0.2) is 0 Å². The molecular formula is C14H19N3. The van der Waals surface area contributed by atoms with Gasteiger partial charge in [-0.2, -0.15) is 5.10 Å². The highest BCUT2D eigenvalue weighted by molar-refractivity contribution is 5.82. The summed E-state index contributed by atoms with van der Waals surface area (Å²) in [7, 11) is 0. The third-order valence-corrected chi connectivity index (χ3v) is 3.65. The SMILES string of the molecule is Cc1ccc2c(c1)c(C)nn2CC1CCCN1. The van der Waals surface area contributed by atoms with Crippen molar-refractivity contribution in [1.82, 2.24) is 15.1 Å². The molecule has 1 aliphatic rings. The number of fused-ring (bicyclic) bond motifs is 1. The zero-order valence-electron chi connectivity index (χ0n) is 10.5. The minimum atomic E-state index is 0.596. The molecule has 90 valence electrons. The summed E-state index contributed by atoms with van der Waals surface area (Å²) in [5, 5.41) is 9.50. The first kappa shape index (κ1) is 10.8. The quantitative estimate of drug-likeness (QED) is 0.857. The predicted octanol–water partition coefficient (Wildman–Crippen LogP) is 2.41. The Balaban J connectivity index is 1.98. The van der Waals surface area contributed by atoms with Crippen molar-refractivity contribution in [2.45, 2.75) is 39.3 Å². The third kappa shape index (κ3) is 1.95. The van der Waals surface area contributed by atoms with Crippen LogP contribution in [0.4, 0.5) is 0 Å². The third-order valence-electron chi connectivity index (χ3n) is 3.65. The van der Waals surface area contributed by atoms with Gasteiger partial charge in [0.25, 0.3) is 0 Å². The summed E-state index contributed by atoms with van der Waals surface area (Å²) >= 11 is 0. The molecule has 0 aliphatic carbocycles. The molecule has 1 aromatic carbocycles. The van der Waals surface area contributed by atoms with E-state index in [1.165, 1.54) is 29.3 Å². The fourth-order valence-corrected chi connectivity index (χ4v) is 2.71. The Kier molecular flexibility index (Phi) is 2.63. The van der Waals surface area contributed by atoms with Gasteiger partial charge in [-0.05, 0) is 45.4 Å². The van der Waals surface area contributed by atoms with E-state index in [0.717, 1.165) is 18.8 Å². The van der Waals surface area contributed by atoms with Crippen molar-refractivity contribution in [1.29, 1.82) is 0 Å². The Bertz CT molecular complexity index is 536. The van der Waals surface area contributed by atoms with Crippen LogP contribution in [0.5, 0.6) is 0 Å². The molecule has 1 atom stereocenters. The summed E-state index contributed by atoms with van der Waals surface area (Å²) in [4.78, 5) is 0. The van der Waals surface area contributed by atoms with Gasteiger partial charge in [0.15, 0.2) is 0 Å². The Hall–Kier alpha value is -1.35. The molecule has 1 aliphatic heterocycles. The number of nitrogens with one attached hydrogen (secondary N) is 1. The van der Waals surface area contributed by atoms with Crippen LogP contribution in [-0.2, 0) is 6.54 Å². The van der Waals surface area contributed by atoms with Gasteiger partial charge < -0.3 is 5.32 Å². The first-order valence-corrected chi connectivity index (χ1v) is 6.41. The van der Waals surface area contributed by atoms with E-state index in [4.69, 9.17) is 0 Å². The Morgan fingerprint density at radius 2 is 2.29 bits per heavy atom. The molecule has 2 aromatic rings. The van der Waals surface area contributed by atoms with Gasteiger partial charge in [0.2, 0.25) is 0 Å². The van der Waals surface area contributed by atoms with Crippen molar-refractivity contribution >= 4 is 10.9 Å². The molecule has 0 amide bonds. The number of hydrogen-bond acceptors (Lipinski definition) is 2. The van der Waals surface area contributed by atoms with Gasteiger partial charge in [-0.1, -0.05) is 11.6 Å². The van der Waals surface area contributed by atoms with Crippen molar-refractivity contribution in [2.75, 3.05) is 6.54 Å². The minimum Gasteiger partial charge on any atom is -0.312 e. The van der Waals surface area contributed by atoms with Crippen molar-refractivity contribution < 1.29 is 0 Å². The van der Waals surface area contributed by atoms with Crippen LogP contribution in [0.3, 0.4) is 0 Å². The van der Waals surface area contributed by atoms with Crippen molar-refractivity contribution in [2.24, 2.45) is 0 Å². The Morgan fingerprint density at radius 1 is 1.41 bits per heavy atom. The first-order chi connectivity index (χ1) is 8.24. The van der Waals surface area contributed by atoms with Gasteiger partial charge in [0.05, 0.1) is 17.8 Å². The molecule has 0 bridgehead atoms. The Morgan fingerprint density at radius 3 is 3.06 bits per heavy atom. The summed E-state index contributed by atoms with van der Waals surface area (Å²) in [5.74, 6) is 0. The van der Waals surface area contributed by atoms with E-state index in [1.54, 1.807) is 0 Å². The van der Waals surface area contributed by atoms with Gasteiger partial charge in [0.1, 0.15) is 0 Å². The second kappa shape index (κ2) is 4.15. The second-order valence-corrected chi connectivity index (χ2v) is 5.08. The van der Waals surface area contributed by atoms with Gasteiger partial charge in [0, 0.05) is 11.4 Å². The van der Waals surface area contributed by atoms with Crippen LogP contribution in [-0.4, -0.2) is 22.4 Å². The fourth-order valence-electron chi connectivity index (χ4n) is 2.71. The van der Waals surface area contributed by atoms with Crippen LogP contribution in [0.1, 0.15) is 24.1 Å². The first-order valence-electron chi connectivity index (χ1n) is 6.41. The number of nitrogens with zero attached hydrogens (tertiary/aromatic N) is 2. The number of benzene rings is 1. The van der Waals surface area contributed by atoms with Crippen LogP contribution >= 0.6 is 0 Å². The minimum absolute atomic E-state index is 0.596. The van der Waals surface area contributed by atoms with Gasteiger partial charge in [-0.15, -0.1) is 0 Å². The lowest BCUT2D eigenvalue weighted by Crippen LogP contribution is -2.27. The summed E-state index contributed by atoms with van der Waals surface area (Å²) in [5.41, 5.74) is 3.71. The van der Waals surface area contributed by atoms with Crippen molar-refractivity contribution in [3.8, 4) is 0 Å². The average molecular weight is 229 g/mol. The summed E-state index contributed by atoms with van der Waals surface area (Å²) in [6.45, 7) is 6.38. The zero-order chi connectivity index (χ0) is 11.8. The van der Waals surface area contributed by atoms with Crippen LogP contribution in [0.25, 0.3) is 10.9 Å². The van der Waals surface area contributed by atoms with E-state index in [1.807, 2.05) is 0 Å². The van der Waals surface area contributed by atoms with Crippen LogP contribution < -0.4 is 5.32 Å². The molecule has 1 N–H and O–H groups in total. The molecule has 1 fully saturated rings. The maximum atomic E-state index is 4.67. The maximum absolute atomic E-state index is 4.67. The molecule has 1 aromatic heterocycles. The highest BCUT2D eigenvalue weighted by Crippen LogP contribution is 2.20. The normalized spacial score (nSPS) is 20.2. The molecule has 1 saturated heterocycles. The number of aromatic nitrogens is 2. The lowest BCUT2D eigenvalue weighted by molar-refractivity contribution is 0.484. The number of hydrogen-bond donors (Lipinski definition) is 1. The van der Waals surface area contributed by atoms with Gasteiger partial charge >= 0.3 is 0 Å². The molecule has 0 radical (unpaired) electrons. The van der Waals surface area contributed by atoms with E-state index >= 15 is 0 Å². The molecular weight excluding hydrogens is 210 g/mol. The van der Waals surface area contributed by atoms with E-state index < -0.39 is 0 Å². The predicted molar refractivity (Wildman–Crippen MR) is 70.2 cm³/mol. The van der Waals surface area contributed by atoms with Crippen LogP contribution in [0, 0.1) is 13.8 Å². The van der Waals surface area contributed by atoms with E-state index in [0.29, 0.717) is 6.04 Å². The van der Waals surface area contributed by atoms with Gasteiger partial charge in [-0.3, -0.25) is 4.68 Å². The molecule has 3 nitrogen and oxygen atoms in total. The van der Waals surface area contributed by atoms with Crippen molar-refractivity contribution in [3.63, 3.8) is 0 Å². The topological polar surface area (TPSA) is 29.9 Å². The Labute approximate surface area is 102 Å². The number of aryl methyl sites for hydroxylation is 2. The molecule has 17 heavy (non-hydrogen) atoms. The molecule has 2 heterocycles. The number of rotatable bonds is 2. The lowest BCUT2D eigenvalue weighted by atomic mass is 10.1. The van der Waals surface area contributed by atoms with Crippen LogP contribution in [0.15, 0.2) is 18.2 Å². The molecule has 3 heteroatoms. The molecule has 0 spiro atoms. The molecule has 1 unspecified atom stereocenters. The van der Waals surface area contributed by atoms with E-state index in [9.17, 15) is 0 Å². The lowest BCUT2D eigenvalue weighted by Gasteiger charge is -2.10. The van der Waals surface area contributed by atoms with E-state index in [-0.39, 0.29) is 0 Å². The highest BCUT2D eigenvalue weighted by Gasteiger charge is 2.16. The smallest absolute Gasteiger partial charge is 0.0686 e. The van der Waals surface area contributed by atoms with Crippen LogP contribution in [0.2, 0.25) is 0 Å². The monoisotopic (exact) mass is 229 g/mol. The summed E-state index contributed by atoms with van der Waals surface area (Å²) < 4.78 is 2.16. The second-order valence-electron chi connectivity index (χ2n) is 5.08. The van der Waals surface area contributed by atoms with Crippen molar-refractivity contribution in [3.05, 3.63) is 29.5 Å². The largest absolute Gasteiger partial charge is 0.312 e. The average Bonchev–Trinajstić information content (AvgIpc) is 2.89. The summed E-state index contributed by atoms with van der Waals surface area (Å²) in [6.07, 6.45) is 2.56. The molecule has 3 rings (SSSR count). The standard InChI is InChI=1S/C14H19N3/c1-10-5-6-14-13(8-10)11(2)16-17(14)9-12-4-3-7-15-12/h5-6,8,12,15H,3-4,7,9H2,1-2H3. The fraction of sp³-hybridized carbons (Fsp3) is 0.500. The maximum Gasteiger partial charge on any atom is 0.0686 e. The summed E-state index contributed by atoms with van der Waals surface area (Å²) in [6, 6.07) is 7.19.